The van der Waals surface area contributed by atoms with E-state index >= 15 is 0 Å². The summed E-state index contributed by atoms with van der Waals surface area (Å²) in [5, 5.41) is 1.87. The number of aryl methyl sites for hydroxylation is 1. The average Bonchev–Trinajstić information content (AvgIpc) is 2.36. The van der Waals surface area contributed by atoms with Crippen LogP contribution in [0.5, 0.6) is 0 Å². The maximum Gasteiger partial charge on any atom is 0.0552 e. The van der Waals surface area contributed by atoms with Crippen molar-refractivity contribution in [1.82, 2.24) is 0 Å². The average molecular weight is 364 g/mol. The Kier molecular flexibility index (Phi) is 6.18. The highest BCUT2D eigenvalue weighted by atomic mass is 79.9. The Bertz CT molecular complexity index is 348. The van der Waals surface area contributed by atoms with Gasteiger partial charge in [-0.3, -0.25) is 0 Å². The summed E-state index contributed by atoms with van der Waals surface area (Å²) in [5.74, 6) is 0. The number of hydrogen-bond donors (Lipinski definition) is 0. The Balaban J connectivity index is 3.11. The predicted molar refractivity (Wildman–Crippen MR) is 81.5 cm³/mol. The van der Waals surface area contributed by atoms with Gasteiger partial charge in [0.05, 0.1) is 6.10 Å². The number of methoxy groups -OCH3 is 1. The van der Waals surface area contributed by atoms with E-state index in [1.165, 1.54) is 11.1 Å². The van der Waals surface area contributed by atoms with Crippen molar-refractivity contribution in [3.8, 4) is 0 Å². The van der Waals surface area contributed by atoms with Gasteiger partial charge in [-0.2, -0.15) is 0 Å². The number of alkyl halides is 2. The minimum Gasteiger partial charge on any atom is -0.382 e. The molecule has 0 fully saturated rings. The Morgan fingerprint density at radius 3 is 2.29 bits per heavy atom. The molecule has 0 N–H and O–H groups in total. The van der Waals surface area contributed by atoms with Crippen molar-refractivity contribution in [2.75, 3.05) is 17.8 Å². The minimum absolute atomic E-state index is 0.0980. The van der Waals surface area contributed by atoms with Gasteiger partial charge in [0, 0.05) is 23.2 Å². The Labute approximate surface area is 121 Å². The first-order valence-corrected chi connectivity index (χ1v) is 8.05. The molecule has 3 heteroatoms. The molecule has 0 aliphatic rings. The monoisotopic (exact) mass is 362 g/mol. The van der Waals surface area contributed by atoms with Gasteiger partial charge >= 0.3 is 0 Å². The van der Waals surface area contributed by atoms with Crippen LogP contribution in [0.15, 0.2) is 24.3 Å². The molecule has 1 rings (SSSR count). The van der Waals surface area contributed by atoms with Gasteiger partial charge in [-0.05, 0) is 31.4 Å². The molecule has 0 saturated heterocycles. The second-order valence-corrected chi connectivity index (χ2v) is 5.73. The molecule has 0 aliphatic heterocycles. The van der Waals surface area contributed by atoms with Crippen LogP contribution in [-0.4, -0.2) is 23.9 Å². The first-order chi connectivity index (χ1) is 8.09. The normalized spacial score (nSPS) is 13.7. The molecule has 17 heavy (non-hydrogen) atoms. The van der Waals surface area contributed by atoms with E-state index in [0.29, 0.717) is 0 Å². The molecule has 1 unspecified atom stereocenters. The van der Waals surface area contributed by atoms with E-state index in [1.807, 2.05) is 0 Å². The van der Waals surface area contributed by atoms with Gasteiger partial charge in [-0.25, -0.2) is 0 Å². The summed E-state index contributed by atoms with van der Waals surface area (Å²) < 4.78 is 5.43. The van der Waals surface area contributed by atoms with Crippen LogP contribution in [0.25, 0.3) is 0 Å². The van der Waals surface area contributed by atoms with Crippen molar-refractivity contribution in [3.63, 3.8) is 0 Å². The molecule has 0 aromatic heterocycles. The van der Waals surface area contributed by atoms with Crippen molar-refractivity contribution >= 4 is 31.9 Å². The first-order valence-electron chi connectivity index (χ1n) is 5.80. The predicted octanol–water partition coefficient (Wildman–Crippen LogP) is 4.45. The van der Waals surface area contributed by atoms with Gasteiger partial charge in [0.1, 0.15) is 0 Å². The molecule has 1 nitrogen and oxygen atoms in total. The smallest absolute Gasteiger partial charge is 0.0552 e. The van der Waals surface area contributed by atoms with Crippen LogP contribution in [-0.2, 0) is 10.2 Å². The molecule has 0 bridgehead atoms. The zero-order valence-corrected chi connectivity index (χ0v) is 13.8. The summed E-state index contributed by atoms with van der Waals surface area (Å²) >= 11 is 7.35. The molecule has 1 aromatic carbocycles. The number of hydrogen-bond acceptors (Lipinski definition) is 1. The lowest BCUT2D eigenvalue weighted by Crippen LogP contribution is -2.35. The zero-order chi connectivity index (χ0) is 12.9. The fourth-order valence-electron chi connectivity index (χ4n) is 2.20. The summed E-state index contributed by atoms with van der Waals surface area (Å²) in [6.07, 6.45) is 1.26. The van der Waals surface area contributed by atoms with Crippen molar-refractivity contribution in [3.05, 3.63) is 35.4 Å². The van der Waals surface area contributed by atoms with E-state index in [-0.39, 0.29) is 11.5 Å². The van der Waals surface area contributed by atoms with Gasteiger partial charge in [-0.15, -0.1) is 0 Å². The lowest BCUT2D eigenvalue weighted by Gasteiger charge is -2.34. The first kappa shape index (κ1) is 15.2. The van der Waals surface area contributed by atoms with E-state index in [1.54, 1.807) is 7.11 Å². The Hall–Kier alpha value is 0.140. The van der Waals surface area contributed by atoms with E-state index in [2.05, 4.69) is 70.0 Å². The molecular formula is C14H20Br2O. The fourth-order valence-corrected chi connectivity index (χ4v) is 4.19. The third kappa shape index (κ3) is 3.55. The summed E-state index contributed by atoms with van der Waals surface area (Å²) in [6.45, 7) is 4.30. The van der Waals surface area contributed by atoms with Crippen LogP contribution in [0.4, 0.5) is 0 Å². The highest BCUT2D eigenvalue weighted by Crippen LogP contribution is 2.36. The van der Waals surface area contributed by atoms with Gasteiger partial charge in [0.25, 0.3) is 0 Å². The number of rotatable bonds is 6. The van der Waals surface area contributed by atoms with E-state index < -0.39 is 0 Å². The number of ether oxygens (including phenoxy) is 1. The van der Waals surface area contributed by atoms with Crippen LogP contribution in [0.2, 0.25) is 0 Å². The van der Waals surface area contributed by atoms with Gasteiger partial charge < -0.3 is 4.74 Å². The van der Waals surface area contributed by atoms with Crippen LogP contribution in [0.1, 0.15) is 24.5 Å². The molecule has 96 valence electrons. The van der Waals surface area contributed by atoms with Gasteiger partial charge in [0.2, 0.25) is 0 Å². The molecule has 0 radical (unpaired) electrons. The molecular weight excluding hydrogens is 344 g/mol. The number of benzene rings is 1. The molecule has 0 aliphatic carbocycles. The summed E-state index contributed by atoms with van der Waals surface area (Å²) in [6, 6.07) is 8.60. The Morgan fingerprint density at radius 2 is 1.82 bits per heavy atom. The van der Waals surface area contributed by atoms with Crippen molar-refractivity contribution in [2.24, 2.45) is 0 Å². The molecule has 0 saturated carbocycles. The fraction of sp³-hybridized carbons (Fsp3) is 0.571. The van der Waals surface area contributed by atoms with E-state index in [9.17, 15) is 0 Å². The highest BCUT2D eigenvalue weighted by molar-refractivity contribution is 9.09. The van der Waals surface area contributed by atoms with E-state index in [0.717, 1.165) is 17.1 Å². The van der Waals surface area contributed by atoms with Gasteiger partial charge in [-0.1, -0.05) is 56.1 Å². The van der Waals surface area contributed by atoms with Crippen molar-refractivity contribution in [2.45, 2.75) is 31.8 Å². The summed E-state index contributed by atoms with van der Waals surface area (Å²) in [7, 11) is 1.77. The quantitative estimate of drug-likeness (QED) is 0.678. The third-order valence-corrected chi connectivity index (χ3v) is 5.46. The highest BCUT2D eigenvalue weighted by Gasteiger charge is 2.33. The van der Waals surface area contributed by atoms with Crippen molar-refractivity contribution < 1.29 is 4.74 Å². The SMILES string of the molecule is COC(C)CC(CBr)(CBr)c1ccccc1C. The van der Waals surface area contributed by atoms with Crippen LogP contribution in [0, 0.1) is 6.92 Å². The lowest BCUT2D eigenvalue weighted by atomic mass is 9.78. The Morgan fingerprint density at radius 1 is 1.24 bits per heavy atom. The van der Waals surface area contributed by atoms with E-state index in [4.69, 9.17) is 4.74 Å². The largest absolute Gasteiger partial charge is 0.382 e. The molecule has 1 atom stereocenters. The third-order valence-electron chi connectivity index (χ3n) is 3.31. The molecule has 0 spiro atoms. The zero-order valence-electron chi connectivity index (χ0n) is 10.7. The van der Waals surface area contributed by atoms with Crippen LogP contribution >= 0.6 is 31.9 Å². The van der Waals surface area contributed by atoms with Crippen LogP contribution in [0.3, 0.4) is 0 Å². The standard InChI is InChI=1S/C14H20Br2O/c1-11-6-4-5-7-13(11)14(9-15,10-16)8-12(2)17-3/h4-7,12H,8-10H2,1-3H3. The number of halogens is 2. The second kappa shape index (κ2) is 6.91. The second-order valence-electron chi connectivity index (χ2n) is 4.61. The summed E-state index contributed by atoms with van der Waals surface area (Å²) in [4.78, 5) is 0. The van der Waals surface area contributed by atoms with Gasteiger partial charge in [0.15, 0.2) is 0 Å². The van der Waals surface area contributed by atoms with Crippen LogP contribution < -0.4 is 0 Å². The lowest BCUT2D eigenvalue weighted by molar-refractivity contribution is 0.0944. The molecule has 0 heterocycles. The maximum atomic E-state index is 5.43. The minimum atomic E-state index is 0.0980. The van der Waals surface area contributed by atoms with Crippen molar-refractivity contribution in [1.29, 1.82) is 0 Å². The molecule has 1 aromatic rings. The molecule has 0 amide bonds. The topological polar surface area (TPSA) is 9.23 Å². The maximum absolute atomic E-state index is 5.43. The summed E-state index contributed by atoms with van der Waals surface area (Å²) in [5.41, 5.74) is 2.84.